The third-order valence-electron chi connectivity index (χ3n) is 4.07. The Bertz CT molecular complexity index is 394. The third kappa shape index (κ3) is 3.74. The van der Waals surface area contributed by atoms with E-state index in [1.807, 2.05) is 0 Å². The smallest absolute Gasteiger partial charge is 1.00 e. The molecule has 0 amide bonds. The molecule has 0 bridgehead atoms. The van der Waals surface area contributed by atoms with Crippen molar-refractivity contribution in [2.75, 3.05) is 0 Å². The average molecular weight is 464 g/mol. The van der Waals surface area contributed by atoms with E-state index in [0.717, 1.165) is 0 Å². The molecule has 2 unspecified atom stereocenters. The Kier molecular flexibility index (Phi) is 7.59. The molecule has 2 atom stereocenters. The molecule has 0 aromatic heterocycles. The Morgan fingerprint density at radius 2 is 1.21 bits per heavy atom. The SMILES string of the molecule is CCC1=CC=C[C]1(C)[Hf+2][C]1(C)C=CC=C1CC.[Cl-].[Cl-]. The molecule has 3 heteroatoms. The fourth-order valence-corrected chi connectivity index (χ4v) is 11.2. The first-order valence-electron chi connectivity index (χ1n) is 6.61. The maximum Gasteiger partial charge on any atom is -1.00 e. The molecule has 0 fully saturated rings. The summed E-state index contributed by atoms with van der Waals surface area (Å²) in [5.41, 5.74) is 3.33. The van der Waals surface area contributed by atoms with Crippen LogP contribution in [-0.2, 0) is 22.9 Å². The second-order valence-corrected chi connectivity index (χ2v) is 13.7. The van der Waals surface area contributed by atoms with Crippen molar-refractivity contribution in [1.82, 2.24) is 0 Å². The quantitative estimate of drug-likeness (QED) is 0.481. The molecule has 0 radical (unpaired) electrons. The van der Waals surface area contributed by atoms with Crippen LogP contribution in [0.2, 0.25) is 6.34 Å². The van der Waals surface area contributed by atoms with Gasteiger partial charge in [0.15, 0.2) is 0 Å². The number of halogens is 2. The summed E-state index contributed by atoms with van der Waals surface area (Å²) in [5, 5.41) is 0. The minimum absolute atomic E-state index is 0. The fourth-order valence-electron chi connectivity index (χ4n) is 3.03. The first kappa shape index (κ1) is 19.4. The number of hydrogen-bond donors (Lipinski definition) is 0. The van der Waals surface area contributed by atoms with Gasteiger partial charge in [0.1, 0.15) is 0 Å². The van der Waals surface area contributed by atoms with E-state index in [1.54, 1.807) is 11.1 Å². The first-order valence-corrected chi connectivity index (χ1v) is 10.2. The number of hydrogen-bond acceptors (Lipinski definition) is 0. The number of rotatable bonds is 4. The molecule has 0 heterocycles. The van der Waals surface area contributed by atoms with Gasteiger partial charge in [-0.3, -0.25) is 0 Å². The predicted molar refractivity (Wildman–Crippen MR) is 71.8 cm³/mol. The summed E-state index contributed by atoms with van der Waals surface area (Å²) in [6.07, 6.45) is 16.6. The Balaban J connectivity index is 0.00000162. The summed E-state index contributed by atoms with van der Waals surface area (Å²) >= 11 is -0.838. The molecule has 2 aliphatic carbocycles. The first-order chi connectivity index (χ1) is 8.04. The van der Waals surface area contributed by atoms with Gasteiger partial charge in [0.25, 0.3) is 0 Å². The van der Waals surface area contributed by atoms with Crippen molar-refractivity contribution in [2.24, 2.45) is 0 Å². The molecule has 0 aromatic carbocycles. The maximum absolute atomic E-state index is 2.47. The normalized spacial score (nSPS) is 31.2. The largest absolute Gasteiger partial charge is 1.00 e. The van der Waals surface area contributed by atoms with Crippen molar-refractivity contribution in [3.63, 3.8) is 0 Å². The monoisotopic (exact) mass is 464 g/mol. The van der Waals surface area contributed by atoms with Gasteiger partial charge in [0, 0.05) is 0 Å². The van der Waals surface area contributed by atoms with Crippen molar-refractivity contribution in [2.45, 2.75) is 46.9 Å². The summed E-state index contributed by atoms with van der Waals surface area (Å²) in [6.45, 7) is 9.53. The van der Waals surface area contributed by atoms with Crippen LogP contribution in [0.3, 0.4) is 0 Å². The summed E-state index contributed by atoms with van der Waals surface area (Å²) < 4.78 is 0.902. The van der Waals surface area contributed by atoms with Crippen molar-refractivity contribution in [1.29, 1.82) is 0 Å². The van der Waals surface area contributed by atoms with Crippen LogP contribution in [0.4, 0.5) is 0 Å². The van der Waals surface area contributed by atoms with Gasteiger partial charge >= 0.3 is 117 Å². The van der Waals surface area contributed by atoms with Crippen LogP contribution < -0.4 is 24.8 Å². The van der Waals surface area contributed by atoms with Gasteiger partial charge in [0.05, 0.1) is 0 Å². The maximum atomic E-state index is 2.47. The van der Waals surface area contributed by atoms with Gasteiger partial charge in [-0.2, -0.15) is 0 Å². The zero-order chi connectivity index (χ0) is 12.5. The molecule has 104 valence electrons. The molecule has 0 aliphatic heterocycles. The second-order valence-electron chi connectivity index (χ2n) is 5.34. The summed E-state index contributed by atoms with van der Waals surface area (Å²) in [6, 6.07) is 0. The molecule has 0 nitrogen and oxygen atoms in total. The molecular weight excluding hydrogens is 442 g/mol. The molecule has 0 saturated carbocycles. The van der Waals surface area contributed by atoms with E-state index in [4.69, 9.17) is 0 Å². The van der Waals surface area contributed by atoms with Crippen LogP contribution in [0.1, 0.15) is 40.5 Å². The van der Waals surface area contributed by atoms with Gasteiger partial charge in [-0.15, -0.1) is 0 Å². The topological polar surface area (TPSA) is 0 Å². The van der Waals surface area contributed by atoms with Crippen LogP contribution in [0.5, 0.6) is 0 Å². The average Bonchev–Trinajstić information content (AvgIpc) is 2.81. The molecule has 2 aliphatic rings. The molecule has 19 heavy (non-hydrogen) atoms. The Morgan fingerprint density at radius 1 is 0.842 bits per heavy atom. The van der Waals surface area contributed by atoms with Crippen molar-refractivity contribution in [3.05, 3.63) is 47.6 Å². The molecule has 0 spiro atoms. The Morgan fingerprint density at radius 3 is 1.53 bits per heavy atom. The van der Waals surface area contributed by atoms with Gasteiger partial charge < -0.3 is 24.8 Å². The predicted octanol–water partition coefficient (Wildman–Crippen LogP) is -0.753. The van der Waals surface area contributed by atoms with E-state index >= 15 is 0 Å². The summed E-state index contributed by atoms with van der Waals surface area (Å²) in [4.78, 5) is 0. The van der Waals surface area contributed by atoms with Crippen molar-refractivity contribution < 1.29 is 47.7 Å². The zero-order valence-electron chi connectivity index (χ0n) is 12.1. The zero-order valence-corrected chi connectivity index (χ0v) is 17.2. The number of allylic oxidation sites excluding steroid dienone is 8. The van der Waals surface area contributed by atoms with E-state index in [1.165, 1.54) is 12.8 Å². The molecular formula is C16H22Cl2Hf. The van der Waals surface area contributed by atoms with Crippen molar-refractivity contribution in [3.8, 4) is 0 Å². The van der Waals surface area contributed by atoms with Crippen LogP contribution in [0, 0.1) is 0 Å². The van der Waals surface area contributed by atoms with E-state index in [0.29, 0.717) is 6.34 Å². The summed E-state index contributed by atoms with van der Waals surface area (Å²) in [5.74, 6) is 0. The molecule has 0 saturated heterocycles. The second kappa shape index (κ2) is 7.43. The minimum atomic E-state index is -0.838. The Hall–Kier alpha value is 0.410. The van der Waals surface area contributed by atoms with E-state index in [9.17, 15) is 0 Å². The van der Waals surface area contributed by atoms with Gasteiger partial charge in [-0.25, -0.2) is 0 Å². The van der Waals surface area contributed by atoms with Gasteiger partial charge in [-0.05, 0) is 0 Å². The van der Waals surface area contributed by atoms with E-state index in [-0.39, 0.29) is 24.8 Å². The molecule has 0 aromatic rings. The van der Waals surface area contributed by atoms with Crippen LogP contribution in [-0.4, -0.2) is 0 Å². The van der Waals surface area contributed by atoms with Crippen LogP contribution in [0.15, 0.2) is 47.6 Å². The molecule has 2 rings (SSSR count). The fraction of sp³-hybridized carbons (Fsp3) is 0.500. The Labute approximate surface area is 141 Å². The standard InChI is InChI=1S/2C8H11.2ClH.Hf/c2*1-3-8-6-4-5-7(8)2;;;/h2*4-6H,3H2,1-2H3;2*1H;/q;;;;+2/p-2. The van der Waals surface area contributed by atoms with Gasteiger partial charge in [0.2, 0.25) is 0 Å². The van der Waals surface area contributed by atoms with Gasteiger partial charge in [-0.1, -0.05) is 0 Å². The third-order valence-corrected chi connectivity index (χ3v) is 11.3. The van der Waals surface area contributed by atoms with E-state index < -0.39 is 22.9 Å². The van der Waals surface area contributed by atoms with Crippen LogP contribution >= 0.6 is 0 Å². The summed E-state index contributed by atoms with van der Waals surface area (Å²) in [7, 11) is 0. The van der Waals surface area contributed by atoms with Crippen molar-refractivity contribution >= 4 is 0 Å². The minimum Gasteiger partial charge on any atom is -1.00 e. The van der Waals surface area contributed by atoms with Crippen LogP contribution in [0.25, 0.3) is 0 Å². The van der Waals surface area contributed by atoms with E-state index in [2.05, 4.69) is 64.2 Å². The molecule has 0 N–H and O–H groups in total.